The molecular weight excluding hydrogens is 383 g/mol. The molecule has 3 rings (SSSR count). The van der Waals surface area contributed by atoms with Crippen molar-refractivity contribution >= 4 is 17.5 Å². The molecule has 0 fully saturated rings. The van der Waals surface area contributed by atoms with Crippen LogP contribution in [-0.2, 0) is 6.54 Å². The molecule has 1 N–H and O–H groups in total. The van der Waals surface area contributed by atoms with E-state index >= 15 is 0 Å². The number of hydrogen-bond donors (Lipinski definition) is 1. The van der Waals surface area contributed by atoms with Crippen molar-refractivity contribution in [2.45, 2.75) is 18.8 Å². The molecule has 0 radical (unpaired) electrons. The van der Waals surface area contributed by atoms with E-state index in [9.17, 15) is 18.0 Å². The third kappa shape index (κ3) is 4.62. The second-order valence-electron chi connectivity index (χ2n) is 5.60. The SMILES string of the molecule is O=C(NC(c1ccccn1)C(F)(F)F)c1cn(Cc2ccccc2Cl)nn1. The number of alkyl halides is 3. The van der Waals surface area contributed by atoms with Gasteiger partial charge >= 0.3 is 6.18 Å². The van der Waals surface area contributed by atoms with Gasteiger partial charge in [-0.15, -0.1) is 5.10 Å². The molecule has 2 aromatic heterocycles. The number of nitrogens with one attached hydrogen (secondary N) is 1. The van der Waals surface area contributed by atoms with Gasteiger partial charge in [0.15, 0.2) is 11.7 Å². The van der Waals surface area contributed by atoms with Crippen molar-refractivity contribution in [3.05, 3.63) is 76.8 Å². The average Bonchev–Trinajstić information content (AvgIpc) is 3.10. The maximum atomic E-state index is 13.3. The fourth-order valence-electron chi connectivity index (χ4n) is 2.36. The van der Waals surface area contributed by atoms with Gasteiger partial charge in [0.05, 0.1) is 18.4 Å². The Morgan fingerprint density at radius 3 is 2.59 bits per heavy atom. The van der Waals surface area contributed by atoms with Crippen molar-refractivity contribution < 1.29 is 18.0 Å². The number of nitrogens with zero attached hydrogens (tertiary/aromatic N) is 4. The smallest absolute Gasteiger partial charge is 0.334 e. The van der Waals surface area contributed by atoms with E-state index in [1.54, 1.807) is 24.3 Å². The molecule has 1 amide bonds. The highest BCUT2D eigenvalue weighted by molar-refractivity contribution is 6.31. The number of hydrogen-bond acceptors (Lipinski definition) is 4. The first-order valence-corrected chi connectivity index (χ1v) is 8.14. The minimum absolute atomic E-state index is 0.225. The summed E-state index contributed by atoms with van der Waals surface area (Å²) in [6.07, 6.45) is -2.23. The van der Waals surface area contributed by atoms with Crippen molar-refractivity contribution in [3.63, 3.8) is 0 Å². The monoisotopic (exact) mass is 395 g/mol. The Bertz CT molecular complexity index is 930. The minimum atomic E-state index is -4.71. The van der Waals surface area contributed by atoms with Gasteiger partial charge in [-0.1, -0.05) is 41.1 Å². The van der Waals surface area contributed by atoms with Crippen molar-refractivity contribution in [2.75, 3.05) is 0 Å². The number of halogens is 4. The van der Waals surface area contributed by atoms with Crippen molar-refractivity contribution in [3.8, 4) is 0 Å². The molecule has 0 aliphatic rings. The Kier molecular flexibility index (Phi) is 5.41. The summed E-state index contributed by atoms with van der Waals surface area (Å²) in [5.74, 6) is -1.01. The molecule has 0 aliphatic carbocycles. The van der Waals surface area contributed by atoms with Crippen LogP contribution >= 0.6 is 11.6 Å². The molecule has 0 bridgehead atoms. The van der Waals surface area contributed by atoms with Gasteiger partial charge in [0.1, 0.15) is 0 Å². The molecule has 2 heterocycles. The first-order valence-electron chi connectivity index (χ1n) is 7.76. The van der Waals surface area contributed by atoms with Gasteiger partial charge in [0, 0.05) is 11.2 Å². The molecule has 6 nitrogen and oxygen atoms in total. The zero-order valence-electron chi connectivity index (χ0n) is 13.7. The summed E-state index contributed by atoms with van der Waals surface area (Å²) in [5, 5.41) is 9.82. The average molecular weight is 396 g/mol. The highest BCUT2D eigenvalue weighted by Gasteiger charge is 2.43. The van der Waals surface area contributed by atoms with E-state index in [1.807, 2.05) is 5.32 Å². The van der Waals surface area contributed by atoms with E-state index in [1.165, 1.54) is 35.3 Å². The summed E-state index contributed by atoms with van der Waals surface area (Å²) in [5.41, 5.74) is 0.173. The summed E-state index contributed by atoms with van der Waals surface area (Å²) in [7, 11) is 0. The lowest BCUT2D eigenvalue weighted by Crippen LogP contribution is -2.38. The topological polar surface area (TPSA) is 72.7 Å². The van der Waals surface area contributed by atoms with Crippen LogP contribution in [0.2, 0.25) is 5.02 Å². The molecule has 0 aliphatic heterocycles. The lowest BCUT2D eigenvalue weighted by atomic mass is 10.1. The lowest BCUT2D eigenvalue weighted by Gasteiger charge is -2.20. The second kappa shape index (κ2) is 7.75. The van der Waals surface area contributed by atoms with Gasteiger partial charge in [-0.2, -0.15) is 13.2 Å². The van der Waals surface area contributed by atoms with Crippen molar-refractivity contribution in [1.82, 2.24) is 25.3 Å². The quantitative estimate of drug-likeness (QED) is 0.718. The zero-order chi connectivity index (χ0) is 19.4. The van der Waals surface area contributed by atoms with Gasteiger partial charge < -0.3 is 5.32 Å². The number of benzene rings is 1. The van der Waals surface area contributed by atoms with E-state index < -0.39 is 18.1 Å². The van der Waals surface area contributed by atoms with Crippen LogP contribution in [0, 0.1) is 0 Å². The molecule has 0 spiro atoms. The molecule has 1 atom stereocenters. The first-order chi connectivity index (χ1) is 12.8. The highest BCUT2D eigenvalue weighted by atomic mass is 35.5. The number of carbonyl (C=O) groups is 1. The van der Waals surface area contributed by atoms with Gasteiger partial charge in [0.25, 0.3) is 5.91 Å². The van der Waals surface area contributed by atoms with Crippen LogP contribution in [0.25, 0.3) is 0 Å². The Hall–Kier alpha value is -2.94. The van der Waals surface area contributed by atoms with Crippen molar-refractivity contribution in [2.24, 2.45) is 0 Å². The fraction of sp³-hybridized carbons (Fsp3) is 0.176. The second-order valence-corrected chi connectivity index (χ2v) is 6.00. The molecule has 3 aromatic rings. The zero-order valence-corrected chi connectivity index (χ0v) is 14.4. The lowest BCUT2D eigenvalue weighted by molar-refractivity contribution is -0.156. The Morgan fingerprint density at radius 2 is 1.93 bits per heavy atom. The molecule has 140 valence electrons. The van der Waals surface area contributed by atoms with E-state index in [2.05, 4.69) is 15.3 Å². The third-order valence-corrected chi connectivity index (χ3v) is 4.02. The van der Waals surface area contributed by atoms with Gasteiger partial charge in [-0.3, -0.25) is 9.78 Å². The largest absolute Gasteiger partial charge is 0.414 e. The summed E-state index contributed by atoms with van der Waals surface area (Å²) >= 11 is 6.06. The third-order valence-electron chi connectivity index (χ3n) is 3.65. The van der Waals surface area contributed by atoms with Crippen molar-refractivity contribution in [1.29, 1.82) is 0 Å². The van der Waals surface area contributed by atoms with Crippen LogP contribution in [0.4, 0.5) is 13.2 Å². The predicted octanol–water partition coefficient (Wildman–Crippen LogP) is 3.41. The molecule has 1 unspecified atom stereocenters. The van der Waals surface area contributed by atoms with Gasteiger partial charge in [0.2, 0.25) is 0 Å². The number of rotatable bonds is 5. The number of amides is 1. The van der Waals surface area contributed by atoms with E-state index in [-0.39, 0.29) is 17.9 Å². The Balaban J connectivity index is 1.76. The Labute approximate surface area is 157 Å². The maximum Gasteiger partial charge on any atom is 0.414 e. The van der Waals surface area contributed by atoms with Crippen LogP contribution in [0.15, 0.2) is 54.9 Å². The van der Waals surface area contributed by atoms with E-state index in [0.717, 1.165) is 5.56 Å². The van der Waals surface area contributed by atoms with E-state index in [0.29, 0.717) is 5.02 Å². The predicted molar refractivity (Wildman–Crippen MR) is 91.1 cm³/mol. The maximum absolute atomic E-state index is 13.3. The highest BCUT2D eigenvalue weighted by Crippen LogP contribution is 2.31. The summed E-state index contributed by atoms with van der Waals surface area (Å²) in [6.45, 7) is 0.225. The first kappa shape index (κ1) is 18.8. The van der Waals surface area contributed by atoms with Crippen LogP contribution in [0.5, 0.6) is 0 Å². The Morgan fingerprint density at radius 1 is 1.19 bits per heavy atom. The molecular formula is C17H13ClF3N5O. The molecule has 0 saturated heterocycles. The fourth-order valence-corrected chi connectivity index (χ4v) is 2.55. The molecule has 0 saturated carbocycles. The number of pyridine rings is 1. The normalized spacial score (nSPS) is 12.6. The standard InChI is InChI=1S/C17H13ClF3N5O/c18-12-6-2-1-5-11(12)9-26-10-14(24-25-26)16(27)23-15(17(19,20)21)13-7-3-4-8-22-13/h1-8,10,15H,9H2,(H,23,27). The molecule has 27 heavy (non-hydrogen) atoms. The molecule has 1 aromatic carbocycles. The summed E-state index contributed by atoms with van der Waals surface area (Å²) in [4.78, 5) is 15.9. The van der Waals surface area contributed by atoms with Gasteiger partial charge in [-0.05, 0) is 23.8 Å². The van der Waals surface area contributed by atoms with Crippen LogP contribution < -0.4 is 5.32 Å². The number of carbonyl (C=O) groups excluding carboxylic acids is 1. The van der Waals surface area contributed by atoms with Gasteiger partial charge in [-0.25, -0.2) is 4.68 Å². The summed E-state index contributed by atoms with van der Waals surface area (Å²) in [6, 6.07) is 8.85. The van der Waals surface area contributed by atoms with Crippen LogP contribution in [-0.4, -0.2) is 32.1 Å². The summed E-state index contributed by atoms with van der Waals surface area (Å²) < 4.78 is 41.2. The van der Waals surface area contributed by atoms with Crippen LogP contribution in [0.1, 0.15) is 27.8 Å². The van der Waals surface area contributed by atoms with E-state index in [4.69, 9.17) is 11.6 Å². The number of aromatic nitrogens is 4. The molecule has 10 heteroatoms. The van der Waals surface area contributed by atoms with Crippen LogP contribution in [0.3, 0.4) is 0 Å². The minimum Gasteiger partial charge on any atom is -0.334 e.